The van der Waals surface area contributed by atoms with Gasteiger partial charge in [-0.3, -0.25) is 4.79 Å². The Kier molecular flexibility index (Phi) is 3.50. The summed E-state index contributed by atoms with van der Waals surface area (Å²) in [7, 11) is 0. The molecule has 1 amide bonds. The van der Waals surface area contributed by atoms with Crippen molar-refractivity contribution in [3.8, 4) is 11.5 Å². The zero-order valence-electron chi connectivity index (χ0n) is 11.1. The molecule has 3 rings (SSSR count). The molecule has 1 fully saturated rings. The van der Waals surface area contributed by atoms with Gasteiger partial charge in [-0.05, 0) is 23.8 Å². The predicted octanol–water partition coefficient (Wildman–Crippen LogP) is 1.45. The predicted molar refractivity (Wildman–Crippen MR) is 71.1 cm³/mol. The minimum absolute atomic E-state index is 0.00872. The fourth-order valence-corrected chi connectivity index (χ4v) is 2.23. The molecule has 1 aromatic carbocycles. The Balaban J connectivity index is 1.68. The van der Waals surface area contributed by atoms with Crippen LogP contribution in [0, 0.1) is 0 Å². The lowest BCUT2D eigenvalue weighted by atomic mass is 10.2. The highest BCUT2D eigenvalue weighted by Crippen LogP contribution is 2.41. The molecule has 21 heavy (non-hydrogen) atoms. The summed E-state index contributed by atoms with van der Waals surface area (Å²) in [6.07, 6.45) is -0.618. The van der Waals surface area contributed by atoms with Gasteiger partial charge in [-0.2, -0.15) is 0 Å². The number of halogens is 2. The van der Waals surface area contributed by atoms with E-state index in [0.29, 0.717) is 18.7 Å². The van der Waals surface area contributed by atoms with Crippen LogP contribution in [0.4, 0.5) is 8.78 Å². The van der Waals surface area contributed by atoms with Gasteiger partial charge in [0.25, 0.3) is 0 Å². The number of hydrogen-bond acceptors (Lipinski definition) is 4. The van der Waals surface area contributed by atoms with Gasteiger partial charge in [0.2, 0.25) is 5.91 Å². The molecule has 0 radical (unpaired) electrons. The number of carbonyl (C=O) groups is 1. The molecule has 0 atom stereocenters. The van der Waals surface area contributed by atoms with E-state index in [-0.39, 0.29) is 17.4 Å². The van der Waals surface area contributed by atoms with E-state index in [9.17, 15) is 13.6 Å². The minimum Gasteiger partial charge on any atom is -0.395 e. The quantitative estimate of drug-likeness (QED) is 0.839. The molecule has 0 aromatic heterocycles. The number of benzene rings is 1. The van der Waals surface area contributed by atoms with E-state index >= 15 is 0 Å². The largest absolute Gasteiger partial charge is 0.586 e. The number of alkyl halides is 2. The van der Waals surface area contributed by atoms with Gasteiger partial charge in [-0.1, -0.05) is 6.07 Å². The summed E-state index contributed by atoms with van der Waals surface area (Å²) in [5, 5.41) is 3.16. The van der Waals surface area contributed by atoms with Crippen molar-refractivity contribution >= 4 is 12.0 Å². The zero-order chi connectivity index (χ0) is 14.9. The third-order valence-electron chi connectivity index (χ3n) is 3.27. The lowest BCUT2D eigenvalue weighted by Gasteiger charge is -2.26. The average molecular weight is 296 g/mol. The van der Waals surface area contributed by atoms with E-state index < -0.39 is 6.29 Å². The van der Waals surface area contributed by atoms with E-state index in [2.05, 4.69) is 14.8 Å². The van der Waals surface area contributed by atoms with Gasteiger partial charge in [-0.15, -0.1) is 8.78 Å². The van der Waals surface area contributed by atoms with Gasteiger partial charge in [-0.25, -0.2) is 0 Å². The van der Waals surface area contributed by atoms with Gasteiger partial charge in [0.1, 0.15) is 0 Å². The molecule has 1 saturated heterocycles. The number of rotatable bonds is 2. The molecule has 1 aromatic rings. The number of amides is 1. The van der Waals surface area contributed by atoms with Crippen molar-refractivity contribution in [3.63, 3.8) is 0 Å². The number of ether oxygens (including phenoxy) is 2. The van der Waals surface area contributed by atoms with Crippen molar-refractivity contribution in [1.82, 2.24) is 10.2 Å². The highest BCUT2D eigenvalue weighted by molar-refractivity contribution is 5.92. The molecule has 2 aliphatic rings. The Labute approximate surface area is 120 Å². The molecule has 1 N–H and O–H groups in total. The average Bonchev–Trinajstić information content (AvgIpc) is 2.78. The first kappa shape index (κ1) is 13.8. The summed E-state index contributed by atoms with van der Waals surface area (Å²) in [6, 6.07) is 4.40. The molecular weight excluding hydrogens is 282 g/mol. The topological polar surface area (TPSA) is 50.8 Å². The minimum atomic E-state index is -3.62. The highest BCUT2D eigenvalue weighted by Gasteiger charge is 2.43. The van der Waals surface area contributed by atoms with Crippen LogP contribution in [0.25, 0.3) is 6.08 Å². The summed E-state index contributed by atoms with van der Waals surface area (Å²) in [5.74, 6) is -0.137. The Hall–Kier alpha value is -2.15. The molecule has 2 heterocycles. The Bertz CT molecular complexity index is 584. The third-order valence-corrected chi connectivity index (χ3v) is 3.27. The van der Waals surface area contributed by atoms with Gasteiger partial charge < -0.3 is 19.7 Å². The summed E-state index contributed by atoms with van der Waals surface area (Å²) in [6.45, 7) is 2.88. The lowest BCUT2D eigenvalue weighted by Crippen LogP contribution is -2.45. The molecule has 0 aliphatic carbocycles. The van der Waals surface area contributed by atoms with Crippen LogP contribution in [0.15, 0.2) is 24.3 Å². The van der Waals surface area contributed by atoms with E-state index in [0.717, 1.165) is 13.1 Å². The molecule has 0 bridgehead atoms. The zero-order valence-corrected chi connectivity index (χ0v) is 11.1. The normalized spacial score (nSPS) is 20.0. The molecule has 5 nitrogen and oxygen atoms in total. The van der Waals surface area contributed by atoms with Gasteiger partial charge >= 0.3 is 6.29 Å². The summed E-state index contributed by atoms with van der Waals surface area (Å²) < 4.78 is 34.5. The van der Waals surface area contributed by atoms with Crippen molar-refractivity contribution in [3.05, 3.63) is 29.8 Å². The van der Waals surface area contributed by atoms with Crippen LogP contribution in [-0.4, -0.2) is 43.3 Å². The van der Waals surface area contributed by atoms with Crippen LogP contribution < -0.4 is 14.8 Å². The molecular formula is C14H14F2N2O3. The first-order valence-electron chi connectivity index (χ1n) is 6.61. The summed E-state index contributed by atoms with van der Waals surface area (Å²) >= 11 is 0. The third kappa shape index (κ3) is 3.13. The summed E-state index contributed by atoms with van der Waals surface area (Å²) in [4.78, 5) is 13.7. The Morgan fingerprint density at radius 2 is 1.95 bits per heavy atom. The van der Waals surface area contributed by atoms with Crippen LogP contribution in [0.2, 0.25) is 0 Å². The molecule has 0 saturated carbocycles. The second kappa shape index (κ2) is 5.33. The monoisotopic (exact) mass is 296 g/mol. The van der Waals surface area contributed by atoms with E-state index in [1.165, 1.54) is 18.2 Å². The number of carbonyl (C=O) groups excluding carboxylic acids is 1. The summed E-state index contributed by atoms with van der Waals surface area (Å²) in [5.41, 5.74) is 0.596. The maximum atomic E-state index is 12.9. The Morgan fingerprint density at radius 3 is 2.71 bits per heavy atom. The molecule has 0 unspecified atom stereocenters. The van der Waals surface area contributed by atoms with Gasteiger partial charge in [0.05, 0.1) is 0 Å². The molecule has 7 heteroatoms. The fraction of sp³-hybridized carbons (Fsp3) is 0.357. The molecule has 112 valence electrons. The highest BCUT2D eigenvalue weighted by atomic mass is 19.3. The number of nitrogens with zero attached hydrogens (tertiary/aromatic N) is 1. The number of piperazine rings is 1. The van der Waals surface area contributed by atoms with Crippen molar-refractivity contribution in [1.29, 1.82) is 0 Å². The second-order valence-corrected chi connectivity index (χ2v) is 4.78. The van der Waals surface area contributed by atoms with Crippen LogP contribution >= 0.6 is 0 Å². The van der Waals surface area contributed by atoms with Crippen LogP contribution in [0.5, 0.6) is 11.5 Å². The lowest BCUT2D eigenvalue weighted by molar-refractivity contribution is -0.286. The van der Waals surface area contributed by atoms with E-state index in [1.54, 1.807) is 17.0 Å². The van der Waals surface area contributed by atoms with Crippen molar-refractivity contribution in [2.45, 2.75) is 6.29 Å². The second-order valence-electron chi connectivity index (χ2n) is 4.78. The van der Waals surface area contributed by atoms with Gasteiger partial charge in [0, 0.05) is 32.3 Å². The van der Waals surface area contributed by atoms with E-state index in [1.807, 2.05) is 0 Å². The van der Waals surface area contributed by atoms with Crippen LogP contribution in [0.1, 0.15) is 5.56 Å². The number of hydrogen-bond donors (Lipinski definition) is 1. The van der Waals surface area contributed by atoms with Gasteiger partial charge in [0.15, 0.2) is 11.5 Å². The standard InChI is InChI=1S/C14H14F2N2O3/c15-14(16)20-11-3-1-10(9-12(11)21-14)2-4-13(19)18-7-5-17-6-8-18/h1-4,9,17H,5-8H2/b4-2+. The fourth-order valence-electron chi connectivity index (χ4n) is 2.23. The molecule has 2 aliphatic heterocycles. The smallest absolute Gasteiger partial charge is 0.395 e. The Morgan fingerprint density at radius 1 is 1.24 bits per heavy atom. The van der Waals surface area contributed by atoms with Crippen molar-refractivity contribution in [2.24, 2.45) is 0 Å². The van der Waals surface area contributed by atoms with Crippen LogP contribution in [0.3, 0.4) is 0 Å². The van der Waals surface area contributed by atoms with E-state index in [4.69, 9.17) is 0 Å². The number of nitrogens with one attached hydrogen (secondary N) is 1. The first-order valence-corrected chi connectivity index (χ1v) is 6.61. The number of fused-ring (bicyclic) bond motifs is 1. The van der Waals surface area contributed by atoms with Crippen molar-refractivity contribution in [2.75, 3.05) is 26.2 Å². The first-order chi connectivity index (χ1) is 10.0. The SMILES string of the molecule is O=C(/C=C/c1ccc2c(c1)OC(F)(F)O2)N1CCNCC1. The maximum absolute atomic E-state index is 12.9. The van der Waals surface area contributed by atoms with Crippen molar-refractivity contribution < 1.29 is 23.0 Å². The van der Waals surface area contributed by atoms with Crippen LogP contribution in [-0.2, 0) is 4.79 Å². The molecule has 0 spiro atoms. The maximum Gasteiger partial charge on any atom is 0.586 e.